The molecule has 0 saturated carbocycles. The smallest absolute Gasteiger partial charge is 0.306 e. The van der Waals surface area contributed by atoms with Gasteiger partial charge in [0.1, 0.15) is 6.61 Å². The molecule has 0 rings (SSSR count). The normalized spacial score (nSPS) is 12.4. The molecule has 5 heteroatoms. The van der Waals surface area contributed by atoms with Gasteiger partial charge >= 0.3 is 11.9 Å². The molecule has 0 aliphatic rings. The Morgan fingerprint density at radius 1 is 0.344 bits per heavy atom. The Balaban J connectivity index is 4.22. The first kappa shape index (κ1) is 62.1. The molecule has 0 aromatic heterocycles. The Kier molecular flexibility index (Phi) is 53.8. The van der Waals surface area contributed by atoms with Crippen LogP contribution in [0.3, 0.4) is 0 Å². The molecule has 0 saturated heterocycles. The van der Waals surface area contributed by atoms with Crippen LogP contribution in [-0.4, -0.2) is 37.9 Å². The van der Waals surface area contributed by atoms with Crippen molar-refractivity contribution >= 4 is 11.9 Å². The lowest BCUT2D eigenvalue weighted by atomic mass is 10.0. The minimum absolute atomic E-state index is 0.0849. The molecule has 0 heterocycles. The maximum absolute atomic E-state index is 12.8. The number of carbonyl (C=O) groups excluding carboxylic acids is 2. The van der Waals surface area contributed by atoms with Crippen LogP contribution in [0, 0.1) is 0 Å². The molecule has 376 valence electrons. The first-order valence-corrected chi connectivity index (χ1v) is 28.5. The van der Waals surface area contributed by atoms with Crippen LogP contribution in [0.2, 0.25) is 0 Å². The van der Waals surface area contributed by atoms with E-state index in [1.165, 1.54) is 218 Å². The van der Waals surface area contributed by atoms with E-state index in [0.29, 0.717) is 19.4 Å². The molecule has 0 spiro atoms. The van der Waals surface area contributed by atoms with Gasteiger partial charge in [-0.15, -0.1) is 0 Å². The number of unbranched alkanes of at least 4 members (excludes halogenated alkanes) is 36. The minimum Gasteiger partial charge on any atom is -0.462 e. The summed E-state index contributed by atoms with van der Waals surface area (Å²) in [6, 6.07) is 0. The molecular weight excluding hydrogens is 789 g/mol. The quantitative estimate of drug-likeness (QED) is 0.0346. The van der Waals surface area contributed by atoms with E-state index in [9.17, 15) is 9.59 Å². The molecule has 0 unspecified atom stereocenters. The molecule has 0 bridgehead atoms. The van der Waals surface area contributed by atoms with Gasteiger partial charge in [-0.1, -0.05) is 250 Å². The highest BCUT2D eigenvalue weighted by Crippen LogP contribution is 2.16. The molecule has 0 amide bonds. The lowest BCUT2D eigenvalue weighted by Crippen LogP contribution is -2.30. The SMILES string of the molecule is CCCCC/C=C\C/C=C\CCCCCCCCCCCC(=O)OC[C@@H](COCCCCCCCCCCCCCCCCCC)OC(=O)CCCCCCC/C=C\CCCCCC. The zero-order chi connectivity index (χ0) is 46.3. The molecule has 0 radical (unpaired) electrons. The van der Waals surface area contributed by atoms with Crippen LogP contribution < -0.4 is 0 Å². The summed E-state index contributed by atoms with van der Waals surface area (Å²) < 4.78 is 17.5. The number of carbonyl (C=O) groups is 2. The van der Waals surface area contributed by atoms with Crippen LogP contribution in [0.4, 0.5) is 0 Å². The van der Waals surface area contributed by atoms with E-state index in [1.807, 2.05) is 0 Å². The fourth-order valence-electron chi connectivity index (χ4n) is 8.36. The van der Waals surface area contributed by atoms with Crippen molar-refractivity contribution in [2.75, 3.05) is 19.8 Å². The van der Waals surface area contributed by atoms with Gasteiger partial charge in [-0.25, -0.2) is 0 Å². The molecule has 0 N–H and O–H groups in total. The van der Waals surface area contributed by atoms with Crippen LogP contribution >= 0.6 is 0 Å². The molecule has 0 fully saturated rings. The Morgan fingerprint density at radius 3 is 1.09 bits per heavy atom. The van der Waals surface area contributed by atoms with E-state index in [4.69, 9.17) is 14.2 Å². The first-order valence-electron chi connectivity index (χ1n) is 28.5. The van der Waals surface area contributed by atoms with Crippen LogP contribution in [0.5, 0.6) is 0 Å². The number of allylic oxidation sites excluding steroid dienone is 6. The molecule has 5 nitrogen and oxygen atoms in total. The lowest BCUT2D eigenvalue weighted by Gasteiger charge is -2.18. The summed E-state index contributed by atoms with van der Waals surface area (Å²) in [7, 11) is 0. The summed E-state index contributed by atoms with van der Waals surface area (Å²) in [5, 5.41) is 0. The van der Waals surface area contributed by atoms with Crippen molar-refractivity contribution in [2.24, 2.45) is 0 Å². The van der Waals surface area contributed by atoms with Crippen molar-refractivity contribution < 1.29 is 23.8 Å². The molecule has 0 aliphatic heterocycles. The van der Waals surface area contributed by atoms with Gasteiger partial charge in [-0.05, 0) is 77.0 Å². The van der Waals surface area contributed by atoms with Crippen LogP contribution in [0.25, 0.3) is 0 Å². The maximum Gasteiger partial charge on any atom is 0.306 e. The summed E-state index contributed by atoms with van der Waals surface area (Å²) in [4.78, 5) is 25.5. The van der Waals surface area contributed by atoms with Crippen LogP contribution in [0.15, 0.2) is 36.5 Å². The van der Waals surface area contributed by atoms with E-state index in [0.717, 1.165) is 51.4 Å². The van der Waals surface area contributed by atoms with Gasteiger partial charge in [0.25, 0.3) is 0 Å². The highest BCUT2D eigenvalue weighted by atomic mass is 16.6. The van der Waals surface area contributed by atoms with Gasteiger partial charge in [-0.2, -0.15) is 0 Å². The Hall–Kier alpha value is -1.88. The highest BCUT2D eigenvalue weighted by molar-refractivity contribution is 5.70. The second kappa shape index (κ2) is 55.4. The topological polar surface area (TPSA) is 61.8 Å². The van der Waals surface area contributed by atoms with Crippen molar-refractivity contribution in [2.45, 2.75) is 309 Å². The number of esters is 2. The van der Waals surface area contributed by atoms with Gasteiger partial charge in [0.05, 0.1) is 6.61 Å². The second-order valence-corrected chi connectivity index (χ2v) is 19.2. The monoisotopic (exact) mass is 899 g/mol. The maximum atomic E-state index is 12.8. The van der Waals surface area contributed by atoms with E-state index >= 15 is 0 Å². The average molecular weight is 900 g/mol. The number of rotatable bonds is 53. The van der Waals surface area contributed by atoms with E-state index in [1.54, 1.807) is 0 Å². The fraction of sp³-hybridized carbons (Fsp3) is 0.864. The molecule has 0 aromatic rings. The van der Waals surface area contributed by atoms with Gasteiger partial charge in [0.15, 0.2) is 6.10 Å². The third-order valence-electron chi connectivity index (χ3n) is 12.6. The predicted octanol–water partition coefficient (Wildman–Crippen LogP) is 19.4. The van der Waals surface area contributed by atoms with Gasteiger partial charge in [0, 0.05) is 19.4 Å². The van der Waals surface area contributed by atoms with Crippen molar-refractivity contribution in [3.8, 4) is 0 Å². The van der Waals surface area contributed by atoms with Crippen molar-refractivity contribution in [1.29, 1.82) is 0 Å². The van der Waals surface area contributed by atoms with Crippen LogP contribution in [0.1, 0.15) is 303 Å². The summed E-state index contributed by atoms with van der Waals surface area (Å²) in [5.41, 5.74) is 0. The van der Waals surface area contributed by atoms with Gasteiger partial charge in [-0.3, -0.25) is 9.59 Å². The highest BCUT2D eigenvalue weighted by Gasteiger charge is 2.17. The van der Waals surface area contributed by atoms with E-state index < -0.39 is 6.10 Å². The Bertz CT molecular complexity index is 1020. The molecule has 0 aliphatic carbocycles. The molecule has 1 atom stereocenters. The standard InChI is InChI=1S/C59H110O5/c1-4-7-10-13-16-19-22-25-27-29-30-31-32-35-37-40-43-46-49-52-58(60)63-56-57(64-59(61)53-50-47-44-41-38-34-24-21-18-15-12-9-6-3)55-62-54-51-48-45-42-39-36-33-28-26-23-20-17-14-11-8-5-2/h16,19,21,24-25,27,57H,4-15,17-18,20,22-23,26,28-56H2,1-3H3/b19-16-,24-21-,27-25-/t57-/m1/s1. The van der Waals surface area contributed by atoms with Crippen LogP contribution in [-0.2, 0) is 23.8 Å². The minimum atomic E-state index is -0.537. The van der Waals surface area contributed by atoms with Crippen molar-refractivity contribution in [3.63, 3.8) is 0 Å². The third kappa shape index (κ3) is 52.7. The van der Waals surface area contributed by atoms with Crippen molar-refractivity contribution in [1.82, 2.24) is 0 Å². The number of ether oxygens (including phenoxy) is 3. The van der Waals surface area contributed by atoms with E-state index in [-0.39, 0.29) is 25.2 Å². The molecule has 0 aromatic carbocycles. The largest absolute Gasteiger partial charge is 0.462 e. The number of hydrogen-bond acceptors (Lipinski definition) is 5. The third-order valence-corrected chi connectivity index (χ3v) is 12.6. The Morgan fingerprint density at radius 2 is 0.656 bits per heavy atom. The second-order valence-electron chi connectivity index (χ2n) is 19.2. The summed E-state index contributed by atoms with van der Waals surface area (Å²) in [6.07, 6.45) is 67.3. The fourth-order valence-corrected chi connectivity index (χ4v) is 8.36. The molecule has 64 heavy (non-hydrogen) atoms. The zero-order valence-electron chi connectivity index (χ0n) is 43.3. The lowest BCUT2D eigenvalue weighted by molar-refractivity contribution is -0.163. The van der Waals surface area contributed by atoms with E-state index in [2.05, 4.69) is 57.2 Å². The van der Waals surface area contributed by atoms with Gasteiger partial charge in [0.2, 0.25) is 0 Å². The summed E-state index contributed by atoms with van der Waals surface area (Å²) >= 11 is 0. The van der Waals surface area contributed by atoms with Gasteiger partial charge < -0.3 is 14.2 Å². The molecular formula is C59H110O5. The zero-order valence-corrected chi connectivity index (χ0v) is 43.3. The average Bonchev–Trinajstić information content (AvgIpc) is 3.30. The number of hydrogen-bond donors (Lipinski definition) is 0. The predicted molar refractivity (Wildman–Crippen MR) is 279 cm³/mol. The van der Waals surface area contributed by atoms with Crippen molar-refractivity contribution in [3.05, 3.63) is 36.5 Å². The Labute approximate surface area is 400 Å². The first-order chi connectivity index (χ1) is 31.6. The summed E-state index contributed by atoms with van der Waals surface area (Å²) in [6.45, 7) is 7.83. The summed E-state index contributed by atoms with van der Waals surface area (Å²) in [5.74, 6) is -0.395.